The van der Waals surface area contributed by atoms with Crippen molar-refractivity contribution < 1.29 is 4.79 Å². The molecule has 1 amide bonds. The van der Waals surface area contributed by atoms with Crippen molar-refractivity contribution in [3.63, 3.8) is 0 Å². The Morgan fingerprint density at radius 1 is 1.18 bits per heavy atom. The molecule has 1 aliphatic rings. The Morgan fingerprint density at radius 2 is 2.00 bits per heavy atom. The molecule has 28 heavy (non-hydrogen) atoms. The van der Waals surface area contributed by atoms with Crippen LogP contribution in [0.1, 0.15) is 30.3 Å². The molecule has 4 rings (SSSR count). The number of para-hydroxylation sites is 1. The lowest BCUT2D eigenvalue weighted by Crippen LogP contribution is -2.40. The zero-order valence-corrected chi connectivity index (χ0v) is 15.6. The third-order valence-corrected chi connectivity index (χ3v) is 5.08. The van der Waals surface area contributed by atoms with Crippen molar-refractivity contribution in [2.45, 2.75) is 25.3 Å². The minimum atomic E-state index is -0.334. The smallest absolute Gasteiger partial charge is 0.258 e. The second-order valence-electron chi connectivity index (χ2n) is 7.00. The van der Waals surface area contributed by atoms with Gasteiger partial charge in [0.1, 0.15) is 11.9 Å². The van der Waals surface area contributed by atoms with Crippen LogP contribution in [-0.4, -0.2) is 45.4 Å². The summed E-state index contributed by atoms with van der Waals surface area (Å²) in [7, 11) is 0. The summed E-state index contributed by atoms with van der Waals surface area (Å²) in [5.41, 5.74) is 1.41. The molecule has 144 valence electrons. The molecule has 2 N–H and O–H groups in total. The molecular formula is C21H23N5O2. The van der Waals surface area contributed by atoms with Crippen LogP contribution in [0.3, 0.4) is 0 Å². The van der Waals surface area contributed by atoms with E-state index in [1.165, 1.54) is 0 Å². The number of nitrogens with zero attached hydrogens (tertiary/aromatic N) is 3. The Morgan fingerprint density at radius 3 is 2.79 bits per heavy atom. The summed E-state index contributed by atoms with van der Waals surface area (Å²) >= 11 is 0. The van der Waals surface area contributed by atoms with Crippen LogP contribution in [0.4, 0.5) is 0 Å². The van der Waals surface area contributed by atoms with Gasteiger partial charge >= 0.3 is 0 Å². The second-order valence-corrected chi connectivity index (χ2v) is 7.00. The number of carbonyl (C=O) groups excluding carboxylic acids is 1. The Bertz CT molecular complexity index is 1010. The first-order valence-electron chi connectivity index (χ1n) is 9.62. The van der Waals surface area contributed by atoms with Gasteiger partial charge in [-0.05, 0) is 49.7 Å². The third-order valence-electron chi connectivity index (χ3n) is 5.08. The number of H-pyrrole nitrogens is 1. The predicted octanol–water partition coefficient (Wildman–Crippen LogP) is 1.81. The van der Waals surface area contributed by atoms with E-state index >= 15 is 0 Å². The highest BCUT2D eigenvalue weighted by molar-refractivity contribution is 5.83. The highest BCUT2D eigenvalue weighted by Gasteiger charge is 2.29. The lowest BCUT2D eigenvalue weighted by molar-refractivity contribution is -0.126. The minimum Gasteiger partial charge on any atom is -0.354 e. The van der Waals surface area contributed by atoms with Crippen LogP contribution in [0.2, 0.25) is 0 Å². The fraction of sp³-hybridized carbons (Fsp3) is 0.333. The van der Waals surface area contributed by atoms with Crippen molar-refractivity contribution in [2.24, 2.45) is 0 Å². The van der Waals surface area contributed by atoms with Gasteiger partial charge in [-0.2, -0.15) is 0 Å². The molecule has 2 aromatic heterocycles. The van der Waals surface area contributed by atoms with Crippen molar-refractivity contribution in [2.75, 3.05) is 19.6 Å². The molecule has 1 aromatic carbocycles. The zero-order valence-electron chi connectivity index (χ0n) is 15.6. The fourth-order valence-electron chi connectivity index (χ4n) is 3.72. The molecule has 0 aliphatic carbocycles. The van der Waals surface area contributed by atoms with Gasteiger partial charge in [0.2, 0.25) is 5.91 Å². The molecule has 7 heteroatoms. The lowest BCUT2D eigenvalue weighted by Gasteiger charge is -2.26. The highest BCUT2D eigenvalue weighted by atomic mass is 16.2. The van der Waals surface area contributed by atoms with Crippen LogP contribution >= 0.6 is 0 Å². The largest absolute Gasteiger partial charge is 0.354 e. The zero-order chi connectivity index (χ0) is 19.3. The number of hydrogen-bond donors (Lipinski definition) is 2. The van der Waals surface area contributed by atoms with Gasteiger partial charge in [0.25, 0.3) is 5.56 Å². The number of rotatable bonds is 6. The first-order valence-corrected chi connectivity index (χ1v) is 9.62. The average Bonchev–Trinajstić information content (AvgIpc) is 3.23. The number of benzene rings is 1. The molecule has 3 heterocycles. The third kappa shape index (κ3) is 3.94. The topological polar surface area (TPSA) is 91.0 Å². The molecule has 1 fully saturated rings. The quantitative estimate of drug-likeness (QED) is 0.684. The number of likely N-dealkylation sites (tertiary alicyclic amines) is 1. The van der Waals surface area contributed by atoms with E-state index in [4.69, 9.17) is 0 Å². The number of amides is 1. The molecule has 7 nitrogen and oxygen atoms in total. The van der Waals surface area contributed by atoms with Crippen LogP contribution in [0.15, 0.2) is 53.6 Å². The first-order chi connectivity index (χ1) is 13.7. The molecule has 0 spiro atoms. The number of aromatic amines is 1. The van der Waals surface area contributed by atoms with Gasteiger partial charge in [0.05, 0.1) is 10.9 Å². The van der Waals surface area contributed by atoms with Gasteiger partial charge in [-0.25, -0.2) is 4.98 Å². The van der Waals surface area contributed by atoms with Crippen LogP contribution < -0.4 is 10.9 Å². The number of hydrogen-bond acceptors (Lipinski definition) is 5. The predicted molar refractivity (Wildman–Crippen MR) is 107 cm³/mol. The standard InChI is InChI=1S/C21H23N5O2/c27-20-16-7-1-2-8-17(16)24-18(25-20)9-11-23-21(28)19(26-12-3-4-13-26)15-6-5-10-22-14-15/h1-2,5-8,10,14,19H,3-4,9,11-13H2,(H,23,28)(H,24,25,27). The summed E-state index contributed by atoms with van der Waals surface area (Å²) in [5.74, 6) is 0.529. The molecule has 1 unspecified atom stereocenters. The molecular weight excluding hydrogens is 354 g/mol. The second kappa shape index (κ2) is 8.31. The first kappa shape index (κ1) is 18.3. The SMILES string of the molecule is O=C(NCCc1nc2ccccc2c(=O)[nH]1)C(c1cccnc1)N1CCCC1. The molecule has 3 aromatic rings. The van der Waals surface area contributed by atoms with E-state index in [9.17, 15) is 9.59 Å². The van der Waals surface area contributed by atoms with Crippen molar-refractivity contribution in [1.82, 2.24) is 25.2 Å². The molecule has 1 saturated heterocycles. The van der Waals surface area contributed by atoms with Crippen molar-refractivity contribution in [3.8, 4) is 0 Å². The maximum Gasteiger partial charge on any atom is 0.258 e. The minimum absolute atomic E-state index is 0.0435. The Kier molecular flexibility index (Phi) is 5.43. The van der Waals surface area contributed by atoms with Gasteiger partial charge in [-0.15, -0.1) is 0 Å². The Balaban J connectivity index is 1.44. The molecule has 1 atom stereocenters. The molecule has 0 radical (unpaired) electrons. The van der Waals surface area contributed by atoms with E-state index in [0.29, 0.717) is 29.7 Å². The number of pyridine rings is 1. The van der Waals surface area contributed by atoms with Gasteiger partial charge in [0, 0.05) is 25.4 Å². The average molecular weight is 377 g/mol. The molecule has 0 saturated carbocycles. The van der Waals surface area contributed by atoms with E-state index < -0.39 is 0 Å². The maximum atomic E-state index is 12.9. The van der Waals surface area contributed by atoms with Crippen LogP contribution in [-0.2, 0) is 11.2 Å². The van der Waals surface area contributed by atoms with Crippen molar-refractivity contribution in [1.29, 1.82) is 0 Å². The number of nitrogens with one attached hydrogen (secondary N) is 2. The molecule has 0 bridgehead atoms. The van der Waals surface area contributed by atoms with E-state index in [2.05, 4.69) is 25.2 Å². The van der Waals surface area contributed by atoms with Gasteiger partial charge in [-0.3, -0.25) is 19.5 Å². The monoisotopic (exact) mass is 377 g/mol. The summed E-state index contributed by atoms with van der Waals surface area (Å²) in [6.07, 6.45) is 6.14. The van der Waals surface area contributed by atoms with E-state index in [-0.39, 0.29) is 17.5 Å². The summed E-state index contributed by atoms with van der Waals surface area (Å²) < 4.78 is 0. The van der Waals surface area contributed by atoms with Gasteiger partial charge in [0.15, 0.2) is 0 Å². The number of fused-ring (bicyclic) bond motifs is 1. The van der Waals surface area contributed by atoms with Crippen LogP contribution in [0, 0.1) is 0 Å². The summed E-state index contributed by atoms with van der Waals surface area (Å²) in [6, 6.07) is 10.7. The van der Waals surface area contributed by atoms with E-state index in [0.717, 1.165) is 31.5 Å². The normalized spacial score (nSPS) is 15.6. The summed E-state index contributed by atoms with van der Waals surface area (Å²) in [6.45, 7) is 2.23. The van der Waals surface area contributed by atoms with Crippen LogP contribution in [0.25, 0.3) is 10.9 Å². The Hall–Kier alpha value is -3.06. The highest BCUT2D eigenvalue weighted by Crippen LogP contribution is 2.24. The number of carbonyl (C=O) groups is 1. The summed E-state index contributed by atoms with van der Waals surface area (Å²) in [4.78, 5) is 38.7. The lowest BCUT2D eigenvalue weighted by atomic mass is 10.1. The van der Waals surface area contributed by atoms with Crippen molar-refractivity contribution >= 4 is 16.8 Å². The fourth-order valence-corrected chi connectivity index (χ4v) is 3.72. The van der Waals surface area contributed by atoms with Crippen LogP contribution in [0.5, 0.6) is 0 Å². The number of aromatic nitrogens is 3. The van der Waals surface area contributed by atoms with E-state index in [1.54, 1.807) is 18.5 Å². The van der Waals surface area contributed by atoms with Gasteiger partial charge in [-0.1, -0.05) is 18.2 Å². The maximum absolute atomic E-state index is 12.9. The summed E-state index contributed by atoms with van der Waals surface area (Å²) in [5, 5.41) is 3.57. The van der Waals surface area contributed by atoms with Crippen molar-refractivity contribution in [3.05, 3.63) is 70.5 Å². The Labute approximate surface area is 162 Å². The molecule has 1 aliphatic heterocycles. The van der Waals surface area contributed by atoms with Gasteiger partial charge < -0.3 is 10.3 Å². The van der Waals surface area contributed by atoms with E-state index in [1.807, 2.05) is 30.3 Å².